The minimum atomic E-state index is -4.40. The van der Waals surface area contributed by atoms with Crippen LogP contribution in [0, 0.1) is 0 Å². The summed E-state index contributed by atoms with van der Waals surface area (Å²) in [4.78, 5) is 1.93. The average Bonchev–Trinajstić information content (AvgIpc) is 3.12. The highest BCUT2D eigenvalue weighted by Gasteiger charge is 2.43. The van der Waals surface area contributed by atoms with Crippen LogP contribution < -0.4 is 10.6 Å². The lowest BCUT2D eigenvalue weighted by Crippen LogP contribution is -2.54. The number of hydrogen-bond acceptors (Lipinski definition) is 4. The number of allylic oxidation sites excluding steroid dienone is 1. The number of methoxy groups -OCH3 is 1. The van der Waals surface area contributed by atoms with E-state index in [1.54, 1.807) is 24.1 Å². The summed E-state index contributed by atoms with van der Waals surface area (Å²) < 4.78 is 47.4. The molecule has 4 rings (SSSR count). The summed E-state index contributed by atoms with van der Waals surface area (Å²) in [5.74, 6) is 1.23. The summed E-state index contributed by atoms with van der Waals surface area (Å²) in [6.45, 7) is 0.469. The second-order valence-corrected chi connectivity index (χ2v) is 7.32. The van der Waals surface area contributed by atoms with Crippen molar-refractivity contribution in [2.75, 3.05) is 12.0 Å². The number of rotatable bonds is 3. The van der Waals surface area contributed by atoms with Crippen molar-refractivity contribution in [2.24, 2.45) is 5.73 Å². The van der Waals surface area contributed by atoms with E-state index in [-0.39, 0.29) is 0 Å². The summed E-state index contributed by atoms with van der Waals surface area (Å²) in [6, 6.07) is 5.32. The standard InChI is InChI=1S/C20H23F3N4O/c1-28-19(9-3-2-4-10-19)27-17(24)8-11-26-18(27)16(13-25-26)14-6-5-7-15(12-14)20(21,22)23/h5-8,12-13H,2-4,9-11,24H2,1H3. The first-order valence-corrected chi connectivity index (χ1v) is 9.40. The van der Waals surface area contributed by atoms with Gasteiger partial charge < -0.3 is 10.5 Å². The highest BCUT2D eigenvalue weighted by atomic mass is 19.4. The Labute approximate surface area is 161 Å². The number of ether oxygens (including phenoxy) is 1. The zero-order chi connectivity index (χ0) is 19.9. The topological polar surface area (TPSA) is 56.3 Å². The smallest absolute Gasteiger partial charge is 0.385 e. The molecule has 8 heteroatoms. The molecule has 1 saturated carbocycles. The number of anilines is 1. The molecule has 28 heavy (non-hydrogen) atoms. The van der Waals surface area contributed by atoms with E-state index in [2.05, 4.69) is 5.10 Å². The molecule has 1 aromatic carbocycles. The van der Waals surface area contributed by atoms with Gasteiger partial charge in [-0.15, -0.1) is 0 Å². The van der Waals surface area contributed by atoms with Crippen molar-refractivity contribution in [2.45, 2.75) is 50.6 Å². The Morgan fingerprint density at radius 1 is 1.18 bits per heavy atom. The molecule has 0 atom stereocenters. The highest BCUT2D eigenvalue weighted by molar-refractivity contribution is 5.78. The molecule has 1 fully saturated rings. The first-order chi connectivity index (χ1) is 13.4. The van der Waals surface area contributed by atoms with Gasteiger partial charge in [-0.1, -0.05) is 18.6 Å². The van der Waals surface area contributed by atoms with Gasteiger partial charge in [0.25, 0.3) is 0 Å². The molecule has 0 amide bonds. The van der Waals surface area contributed by atoms with Crippen molar-refractivity contribution in [1.29, 1.82) is 0 Å². The number of aromatic nitrogens is 2. The van der Waals surface area contributed by atoms with Gasteiger partial charge in [0.1, 0.15) is 17.4 Å². The maximum atomic E-state index is 13.2. The van der Waals surface area contributed by atoms with Crippen LogP contribution in [0.25, 0.3) is 11.1 Å². The van der Waals surface area contributed by atoms with Gasteiger partial charge >= 0.3 is 6.18 Å². The van der Waals surface area contributed by atoms with E-state index in [1.807, 2.05) is 11.0 Å². The maximum Gasteiger partial charge on any atom is 0.416 e. The molecule has 2 aromatic rings. The molecular weight excluding hydrogens is 369 g/mol. The Morgan fingerprint density at radius 3 is 2.61 bits per heavy atom. The number of nitrogens with zero attached hydrogens (tertiary/aromatic N) is 3. The van der Waals surface area contributed by atoms with Crippen molar-refractivity contribution >= 4 is 5.82 Å². The number of fused-ring (bicyclic) bond motifs is 1. The van der Waals surface area contributed by atoms with Gasteiger partial charge in [-0.25, -0.2) is 4.68 Å². The largest absolute Gasteiger partial charge is 0.416 e. The quantitative estimate of drug-likeness (QED) is 0.836. The summed E-state index contributed by atoms with van der Waals surface area (Å²) >= 11 is 0. The molecule has 2 aliphatic rings. The predicted octanol–water partition coefficient (Wildman–Crippen LogP) is 4.50. The molecule has 150 valence electrons. The summed E-state index contributed by atoms with van der Waals surface area (Å²) in [6.07, 6.45) is 3.80. The van der Waals surface area contributed by atoms with Crippen LogP contribution in [0.15, 0.2) is 42.4 Å². The molecule has 0 radical (unpaired) electrons. The minimum absolute atomic E-state index is 0.456. The Kier molecular flexibility index (Phi) is 4.61. The molecule has 5 nitrogen and oxygen atoms in total. The maximum absolute atomic E-state index is 13.2. The fourth-order valence-electron chi connectivity index (χ4n) is 4.26. The lowest BCUT2D eigenvalue weighted by molar-refractivity contribution is -0.137. The monoisotopic (exact) mass is 392 g/mol. The molecule has 1 aromatic heterocycles. The van der Waals surface area contributed by atoms with E-state index in [9.17, 15) is 13.2 Å². The van der Waals surface area contributed by atoms with Crippen molar-refractivity contribution in [1.82, 2.24) is 9.78 Å². The summed E-state index contributed by atoms with van der Waals surface area (Å²) in [5, 5.41) is 4.41. The normalized spacial score (nSPS) is 19.3. The third-order valence-electron chi connectivity index (χ3n) is 5.68. The summed E-state index contributed by atoms with van der Waals surface area (Å²) in [5.41, 5.74) is 6.15. The van der Waals surface area contributed by atoms with Crippen molar-refractivity contribution in [3.05, 3.63) is 47.9 Å². The zero-order valence-corrected chi connectivity index (χ0v) is 15.7. The van der Waals surface area contributed by atoms with Gasteiger partial charge in [-0.3, -0.25) is 4.90 Å². The highest BCUT2D eigenvalue weighted by Crippen LogP contribution is 2.44. The molecule has 0 unspecified atom stereocenters. The zero-order valence-electron chi connectivity index (χ0n) is 15.7. The Hall–Kier alpha value is -2.48. The molecule has 1 aliphatic carbocycles. The Balaban J connectivity index is 1.84. The number of alkyl halides is 3. The van der Waals surface area contributed by atoms with Crippen molar-refractivity contribution in [3.8, 4) is 11.1 Å². The number of benzene rings is 1. The Bertz CT molecular complexity index is 897. The molecule has 0 bridgehead atoms. The molecule has 2 N–H and O–H groups in total. The Morgan fingerprint density at radius 2 is 1.93 bits per heavy atom. The van der Waals surface area contributed by atoms with Crippen LogP contribution in [0.2, 0.25) is 0 Å². The lowest BCUT2D eigenvalue weighted by Gasteiger charge is -2.47. The van der Waals surface area contributed by atoms with Crippen LogP contribution in [0.4, 0.5) is 19.0 Å². The van der Waals surface area contributed by atoms with Gasteiger partial charge in [-0.2, -0.15) is 18.3 Å². The molecule has 0 spiro atoms. The average molecular weight is 392 g/mol. The number of nitrogens with two attached hydrogens (primary N) is 1. The molecule has 2 heterocycles. The van der Waals surface area contributed by atoms with Gasteiger partial charge in [-0.05, 0) is 49.5 Å². The molecule has 0 saturated heterocycles. The van der Waals surface area contributed by atoms with E-state index in [0.717, 1.165) is 44.2 Å². The third-order valence-corrected chi connectivity index (χ3v) is 5.68. The van der Waals surface area contributed by atoms with Gasteiger partial charge in [0.2, 0.25) is 0 Å². The van der Waals surface area contributed by atoms with E-state index < -0.39 is 17.5 Å². The molecule has 1 aliphatic heterocycles. The predicted molar refractivity (Wildman–Crippen MR) is 100 cm³/mol. The van der Waals surface area contributed by atoms with Crippen LogP contribution in [0.3, 0.4) is 0 Å². The van der Waals surface area contributed by atoms with Crippen LogP contribution in [0.1, 0.15) is 37.7 Å². The minimum Gasteiger partial charge on any atom is -0.385 e. The number of halogens is 3. The van der Waals surface area contributed by atoms with Crippen molar-refractivity contribution < 1.29 is 17.9 Å². The first-order valence-electron chi connectivity index (χ1n) is 9.40. The van der Waals surface area contributed by atoms with Crippen LogP contribution in [-0.2, 0) is 17.5 Å². The number of hydrogen-bond donors (Lipinski definition) is 1. The van der Waals surface area contributed by atoms with Crippen LogP contribution in [0.5, 0.6) is 0 Å². The fraction of sp³-hybridized carbons (Fsp3) is 0.450. The van der Waals surface area contributed by atoms with Crippen molar-refractivity contribution in [3.63, 3.8) is 0 Å². The van der Waals surface area contributed by atoms with Gasteiger partial charge in [0, 0.05) is 12.7 Å². The lowest BCUT2D eigenvalue weighted by atomic mass is 9.89. The first kappa shape index (κ1) is 18.9. The van der Waals surface area contributed by atoms with Crippen LogP contribution in [-0.4, -0.2) is 22.6 Å². The third kappa shape index (κ3) is 3.05. The van der Waals surface area contributed by atoms with Gasteiger partial charge in [0.05, 0.1) is 18.3 Å². The molecular formula is C20H23F3N4O. The van der Waals surface area contributed by atoms with E-state index in [0.29, 0.717) is 29.3 Å². The van der Waals surface area contributed by atoms with Crippen LogP contribution >= 0.6 is 0 Å². The van der Waals surface area contributed by atoms with E-state index in [4.69, 9.17) is 10.5 Å². The second kappa shape index (κ2) is 6.84. The van der Waals surface area contributed by atoms with Gasteiger partial charge in [0.15, 0.2) is 0 Å². The van der Waals surface area contributed by atoms with E-state index >= 15 is 0 Å². The van der Waals surface area contributed by atoms with E-state index in [1.165, 1.54) is 6.07 Å². The second-order valence-electron chi connectivity index (χ2n) is 7.32. The SMILES string of the molecule is COC1(N2C(N)=CCn3ncc(-c4cccc(C(F)(F)F)c4)c32)CCCCC1. The fourth-order valence-corrected chi connectivity index (χ4v) is 4.26. The summed E-state index contributed by atoms with van der Waals surface area (Å²) in [7, 11) is 1.66.